The smallest absolute Gasteiger partial charge is 0.417 e. The summed E-state index contributed by atoms with van der Waals surface area (Å²) in [6.07, 6.45) is 3.28. The van der Waals surface area contributed by atoms with Crippen LogP contribution in [0, 0.1) is 10.1 Å². The molecule has 0 aliphatic carbocycles. The van der Waals surface area contributed by atoms with Gasteiger partial charge in [0.15, 0.2) is 0 Å². The molecule has 0 aliphatic heterocycles. The van der Waals surface area contributed by atoms with Gasteiger partial charge in [-0.3, -0.25) is 15.1 Å². The lowest BCUT2D eigenvalue weighted by atomic mass is 10.1. The van der Waals surface area contributed by atoms with Crippen molar-refractivity contribution < 1.29 is 9.34 Å². The van der Waals surface area contributed by atoms with Gasteiger partial charge in [0.05, 0.1) is 4.92 Å². The van der Waals surface area contributed by atoms with Crippen LogP contribution >= 0.6 is 0 Å². The lowest BCUT2D eigenvalue weighted by Gasteiger charge is -2.09. The van der Waals surface area contributed by atoms with Crippen LogP contribution in [0.4, 0.5) is 11.4 Å². The first kappa shape index (κ1) is 13.7. The first-order valence-electron chi connectivity index (χ1n) is 6.50. The Labute approximate surface area is 124 Å². The van der Waals surface area contributed by atoms with Crippen LogP contribution in [0.15, 0.2) is 58.0 Å². The van der Waals surface area contributed by atoms with E-state index in [1.54, 1.807) is 42.7 Å². The molecule has 3 rings (SSSR count). The van der Waals surface area contributed by atoms with Gasteiger partial charge in [-0.1, -0.05) is 18.2 Å². The number of nitro groups is 1. The van der Waals surface area contributed by atoms with E-state index in [0.717, 1.165) is 5.56 Å². The molecule has 1 aromatic carbocycles. The monoisotopic (exact) mass is 297 g/mol. The fraction of sp³-hybridized carbons (Fsp3) is 0.0667. The molecule has 1 N–H and O–H groups in total. The van der Waals surface area contributed by atoms with Crippen LogP contribution < -0.4 is 10.9 Å². The van der Waals surface area contributed by atoms with Gasteiger partial charge in [0, 0.05) is 24.3 Å². The molecule has 0 bridgehead atoms. The molecule has 0 fully saturated rings. The van der Waals surface area contributed by atoms with Crippen LogP contribution in [0.25, 0.3) is 11.0 Å². The van der Waals surface area contributed by atoms with Gasteiger partial charge in [0.25, 0.3) is 0 Å². The number of benzene rings is 1. The third kappa shape index (κ3) is 2.51. The third-order valence-electron chi connectivity index (χ3n) is 3.16. The van der Waals surface area contributed by atoms with Gasteiger partial charge < -0.3 is 9.73 Å². The summed E-state index contributed by atoms with van der Waals surface area (Å²) in [7, 11) is 0. The lowest BCUT2D eigenvalue weighted by Crippen LogP contribution is -2.12. The number of rotatable bonds is 4. The van der Waals surface area contributed by atoms with Crippen LogP contribution in [0.5, 0.6) is 0 Å². The van der Waals surface area contributed by atoms with Crippen molar-refractivity contribution in [2.24, 2.45) is 0 Å². The summed E-state index contributed by atoms with van der Waals surface area (Å²) in [5, 5.41) is 14.6. The number of pyridine rings is 1. The number of nitrogens with one attached hydrogen (secondary N) is 1. The lowest BCUT2D eigenvalue weighted by molar-refractivity contribution is -0.386. The van der Waals surface area contributed by atoms with Crippen LogP contribution in [-0.2, 0) is 6.54 Å². The number of hydrogen-bond donors (Lipinski definition) is 1. The zero-order chi connectivity index (χ0) is 15.5. The Bertz CT molecular complexity index is 890. The maximum absolute atomic E-state index is 11.8. The zero-order valence-electron chi connectivity index (χ0n) is 11.4. The minimum atomic E-state index is -0.975. The average molecular weight is 297 g/mol. The second-order valence-electron chi connectivity index (χ2n) is 4.58. The Hall–Kier alpha value is -3.22. The van der Waals surface area contributed by atoms with Gasteiger partial charge >= 0.3 is 11.3 Å². The summed E-state index contributed by atoms with van der Waals surface area (Å²) in [6, 6.07) is 10.3. The molecule has 22 heavy (non-hydrogen) atoms. The van der Waals surface area contributed by atoms with Crippen molar-refractivity contribution in [2.75, 3.05) is 5.32 Å². The van der Waals surface area contributed by atoms with Gasteiger partial charge in [0.1, 0.15) is 11.3 Å². The van der Waals surface area contributed by atoms with Gasteiger partial charge in [0.2, 0.25) is 0 Å². The highest BCUT2D eigenvalue weighted by Gasteiger charge is 2.24. The van der Waals surface area contributed by atoms with Crippen LogP contribution in [0.1, 0.15) is 5.56 Å². The Morgan fingerprint density at radius 2 is 2.05 bits per heavy atom. The molecule has 2 aromatic heterocycles. The number of fused-ring (bicyclic) bond motifs is 1. The fourth-order valence-corrected chi connectivity index (χ4v) is 2.18. The first-order valence-corrected chi connectivity index (χ1v) is 6.50. The molecule has 0 spiro atoms. The number of aromatic nitrogens is 1. The number of nitrogens with zero attached hydrogens (tertiary/aromatic N) is 2. The zero-order valence-corrected chi connectivity index (χ0v) is 11.4. The second-order valence-corrected chi connectivity index (χ2v) is 4.58. The molecule has 2 heterocycles. The molecule has 0 unspecified atom stereocenters. The maximum atomic E-state index is 11.8. The minimum absolute atomic E-state index is 0.153. The number of para-hydroxylation sites is 1. The molecule has 110 valence electrons. The molecule has 0 aliphatic rings. The molecule has 0 radical (unpaired) electrons. The summed E-state index contributed by atoms with van der Waals surface area (Å²) in [4.78, 5) is 26.3. The van der Waals surface area contributed by atoms with Crippen molar-refractivity contribution in [2.45, 2.75) is 6.54 Å². The molecule has 0 saturated heterocycles. The Morgan fingerprint density at radius 3 is 2.77 bits per heavy atom. The van der Waals surface area contributed by atoms with E-state index in [2.05, 4.69) is 10.3 Å². The molecule has 0 atom stereocenters. The highest BCUT2D eigenvalue weighted by Crippen LogP contribution is 2.30. The van der Waals surface area contributed by atoms with E-state index in [1.165, 1.54) is 0 Å². The molecule has 3 aromatic rings. The molecule has 7 nitrogen and oxygen atoms in total. The standard InChI is InChI=1S/C15H11N3O4/c19-15-14(18(20)21)13(11-5-1-2-6-12(11)22-15)17-9-10-4-3-7-16-8-10/h1-8,17H,9H2. The van der Waals surface area contributed by atoms with Gasteiger partial charge in [-0.25, -0.2) is 4.79 Å². The van der Waals surface area contributed by atoms with E-state index in [1.807, 2.05) is 6.07 Å². The predicted octanol–water partition coefficient (Wildman–Crippen LogP) is 2.71. The van der Waals surface area contributed by atoms with Crippen molar-refractivity contribution in [1.82, 2.24) is 4.98 Å². The summed E-state index contributed by atoms with van der Waals surface area (Å²) in [5.41, 5.74) is -0.276. The molecule has 7 heteroatoms. The van der Waals surface area contributed by atoms with Gasteiger partial charge in [-0.05, 0) is 23.8 Å². The van der Waals surface area contributed by atoms with Crippen molar-refractivity contribution in [3.05, 3.63) is 74.9 Å². The molecule has 0 saturated carbocycles. The largest absolute Gasteiger partial charge is 0.418 e. The van der Waals surface area contributed by atoms with Crippen molar-refractivity contribution >= 4 is 22.3 Å². The fourth-order valence-electron chi connectivity index (χ4n) is 2.18. The minimum Gasteiger partial charge on any atom is -0.418 e. The number of hydrogen-bond acceptors (Lipinski definition) is 6. The highest BCUT2D eigenvalue weighted by molar-refractivity contribution is 5.94. The maximum Gasteiger partial charge on any atom is 0.417 e. The highest BCUT2D eigenvalue weighted by atomic mass is 16.6. The van der Waals surface area contributed by atoms with Crippen LogP contribution in [0.2, 0.25) is 0 Å². The normalized spacial score (nSPS) is 10.5. The predicted molar refractivity (Wildman–Crippen MR) is 80.7 cm³/mol. The van der Waals surface area contributed by atoms with Crippen LogP contribution in [0.3, 0.4) is 0 Å². The average Bonchev–Trinajstić information content (AvgIpc) is 2.52. The number of anilines is 1. The van der Waals surface area contributed by atoms with E-state index < -0.39 is 16.2 Å². The quantitative estimate of drug-likeness (QED) is 0.451. The van der Waals surface area contributed by atoms with Crippen LogP contribution in [-0.4, -0.2) is 9.91 Å². The molecule has 0 amide bonds. The topological polar surface area (TPSA) is 98.3 Å². The second kappa shape index (κ2) is 5.65. The van der Waals surface area contributed by atoms with Gasteiger partial charge in [-0.15, -0.1) is 0 Å². The Balaban J connectivity index is 2.11. The molecular weight excluding hydrogens is 286 g/mol. The van der Waals surface area contributed by atoms with Crippen molar-refractivity contribution in [3.8, 4) is 0 Å². The van der Waals surface area contributed by atoms with Crippen molar-refractivity contribution in [1.29, 1.82) is 0 Å². The Morgan fingerprint density at radius 1 is 1.23 bits per heavy atom. The summed E-state index contributed by atoms with van der Waals surface area (Å²) in [5.74, 6) is 0. The first-order chi connectivity index (χ1) is 10.7. The molecular formula is C15H11N3O4. The Kier molecular flexibility index (Phi) is 3.53. The van der Waals surface area contributed by atoms with E-state index in [-0.39, 0.29) is 5.69 Å². The van der Waals surface area contributed by atoms with Gasteiger partial charge in [-0.2, -0.15) is 0 Å². The van der Waals surface area contributed by atoms with E-state index in [0.29, 0.717) is 17.5 Å². The summed E-state index contributed by atoms with van der Waals surface area (Å²) in [6.45, 7) is 0.308. The van der Waals surface area contributed by atoms with Crippen molar-refractivity contribution in [3.63, 3.8) is 0 Å². The van der Waals surface area contributed by atoms with E-state index in [9.17, 15) is 14.9 Å². The summed E-state index contributed by atoms with van der Waals surface area (Å²) >= 11 is 0. The van der Waals surface area contributed by atoms with E-state index in [4.69, 9.17) is 4.42 Å². The SMILES string of the molecule is O=c1oc2ccccc2c(NCc2cccnc2)c1[N+](=O)[O-]. The van der Waals surface area contributed by atoms with E-state index >= 15 is 0 Å². The third-order valence-corrected chi connectivity index (χ3v) is 3.16. The summed E-state index contributed by atoms with van der Waals surface area (Å²) < 4.78 is 5.00.